The number of anilines is 1. The molecule has 0 heterocycles. The van der Waals surface area contributed by atoms with Gasteiger partial charge in [-0.2, -0.15) is 13.2 Å². The van der Waals surface area contributed by atoms with Crippen LogP contribution in [-0.2, 0) is 23.0 Å². The van der Waals surface area contributed by atoms with E-state index in [1.807, 2.05) is 5.32 Å². The van der Waals surface area contributed by atoms with Gasteiger partial charge in [0.25, 0.3) is 0 Å². The number of carbonyl (C=O) groups is 1. The predicted octanol–water partition coefficient (Wildman–Crippen LogP) is 1.58. The number of amides is 2. The largest absolute Gasteiger partial charge is 0.772 e. The fourth-order valence-corrected chi connectivity index (χ4v) is 1.76. The molecule has 0 fully saturated rings. The third kappa shape index (κ3) is 4.00. The lowest BCUT2D eigenvalue weighted by Crippen LogP contribution is -2.21. The molecule has 9 heteroatoms. The second kappa shape index (κ2) is 5.36. The molecule has 1 rings (SSSR count). The highest BCUT2D eigenvalue weighted by Gasteiger charge is 2.31. The molecule has 18 heavy (non-hydrogen) atoms. The van der Waals surface area contributed by atoms with Crippen molar-refractivity contribution in [3.8, 4) is 0 Å². The van der Waals surface area contributed by atoms with Crippen molar-refractivity contribution in [2.24, 2.45) is 5.73 Å². The molecule has 1 atom stereocenters. The molecule has 0 radical (unpaired) electrons. The maximum absolute atomic E-state index is 12.4. The van der Waals surface area contributed by atoms with Gasteiger partial charge in [0.2, 0.25) is 0 Å². The fourth-order valence-electron chi connectivity index (χ4n) is 1.25. The van der Waals surface area contributed by atoms with Crippen LogP contribution in [0.25, 0.3) is 0 Å². The lowest BCUT2D eigenvalue weighted by atomic mass is 10.1. The quantitative estimate of drug-likeness (QED) is 0.823. The Morgan fingerprint density at radius 1 is 1.44 bits per heavy atom. The number of halogens is 3. The second-order valence-electron chi connectivity index (χ2n) is 3.31. The van der Waals surface area contributed by atoms with E-state index >= 15 is 0 Å². The lowest BCUT2D eigenvalue weighted by Gasteiger charge is -2.14. The van der Waals surface area contributed by atoms with Crippen LogP contribution in [0.1, 0.15) is 11.1 Å². The number of benzene rings is 1. The second-order valence-corrected chi connectivity index (χ2v) is 4.20. The summed E-state index contributed by atoms with van der Waals surface area (Å²) in [6.45, 7) is 0. The first-order valence-corrected chi connectivity index (χ1v) is 5.77. The van der Waals surface area contributed by atoms with Gasteiger partial charge in [-0.1, -0.05) is 17.1 Å². The first-order chi connectivity index (χ1) is 8.20. The summed E-state index contributed by atoms with van der Waals surface area (Å²) < 4.78 is 58.3. The molecule has 1 unspecified atom stereocenters. The molecule has 3 N–H and O–H groups in total. The number of nitrogens with two attached hydrogens (primary N) is 1. The standard InChI is InChI=1S/C9H9F3N2O3S/c10-9(11,12)6-2-1-5(4-18(16)17)7(3-6)14-8(13)15/h1-3H,4H2,(H,16,17)(H3,13,14,15)/p-1. The van der Waals surface area contributed by atoms with Crippen LogP contribution in [-0.4, -0.2) is 14.8 Å². The topological polar surface area (TPSA) is 95.2 Å². The Hall–Kier alpha value is -1.61. The zero-order valence-corrected chi connectivity index (χ0v) is 9.60. The number of urea groups is 1. The molecule has 5 nitrogen and oxygen atoms in total. The molecule has 0 aliphatic carbocycles. The molecule has 0 aliphatic heterocycles. The van der Waals surface area contributed by atoms with Crippen molar-refractivity contribution in [2.75, 3.05) is 5.32 Å². The number of carbonyl (C=O) groups excluding carboxylic acids is 1. The third-order valence-electron chi connectivity index (χ3n) is 1.97. The van der Waals surface area contributed by atoms with Crippen LogP contribution >= 0.6 is 0 Å². The summed E-state index contributed by atoms with van der Waals surface area (Å²) in [5.74, 6) is -0.520. The summed E-state index contributed by atoms with van der Waals surface area (Å²) in [6.07, 6.45) is -4.59. The van der Waals surface area contributed by atoms with Crippen molar-refractivity contribution in [1.82, 2.24) is 0 Å². The van der Waals surface area contributed by atoms with Crippen molar-refractivity contribution >= 4 is 22.8 Å². The Bertz CT molecular complexity index is 490. The molecule has 100 valence electrons. The number of alkyl halides is 3. The minimum atomic E-state index is -4.59. The summed E-state index contributed by atoms with van der Waals surface area (Å²) in [5.41, 5.74) is 3.54. The van der Waals surface area contributed by atoms with Gasteiger partial charge in [0.15, 0.2) is 0 Å². The molecular formula is C9H8F3N2O3S-. The zero-order valence-electron chi connectivity index (χ0n) is 8.78. The Balaban J connectivity index is 3.20. The SMILES string of the molecule is NC(=O)Nc1cc(C(F)(F)F)ccc1CS(=O)[O-]. The third-order valence-corrected chi connectivity index (χ3v) is 2.52. The van der Waals surface area contributed by atoms with E-state index in [0.717, 1.165) is 12.1 Å². The van der Waals surface area contributed by atoms with E-state index in [1.54, 1.807) is 0 Å². The maximum atomic E-state index is 12.4. The average molecular weight is 281 g/mol. The highest BCUT2D eigenvalue weighted by Crippen LogP contribution is 2.32. The monoisotopic (exact) mass is 281 g/mol. The van der Waals surface area contributed by atoms with Gasteiger partial charge in [-0.05, 0) is 17.7 Å². The molecule has 0 aromatic heterocycles. The van der Waals surface area contributed by atoms with E-state index in [1.165, 1.54) is 0 Å². The van der Waals surface area contributed by atoms with Crippen molar-refractivity contribution in [2.45, 2.75) is 11.9 Å². The van der Waals surface area contributed by atoms with E-state index in [4.69, 9.17) is 5.73 Å². The molecule has 0 bridgehead atoms. The van der Waals surface area contributed by atoms with Gasteiger partial charge in [-0.3, -0.25) is 4.21 Å². The molecule has 1 aromatic rings. The number of primary amides is 1. The van der Waals surface area contributed by atoms with E-state index in [2.05, 4.69) is 0 Å². The van der Waals surface area contributed by atoms with Crippen LogP contribution in [0.4, 0.5) is 23.7 Å². The van der Waals surface area contributed by atoms with Gasteiger partial charge in [0.1, 0.15) is 0 Å². The first-order valence-electron chi connectivity index (χ1n) is 4.52. The van der Waals surface area contributed by atoms with Crippen LogP contribution in [0, 0.1) is 0 Å². The van der Waals surface area contributed by atoms with Gasteiger partial charge in [0, 0.05) is 11.4 Å². The Kier molecular flexibility index (Phi) is 4.30. The summed E-state index contributed by atoms with van der Waals surface area (Å²) in [7, 11) is 0. The molecule has 0 saturated heterocycles. The van der Waals surface area contributed by atoms with Crippen LogP contribution in [0.3, 0.4) is 0 Å². The molecular weight excluding hydrogens is 273 g/mol. The Morgan fingerprint density at radius 2 is 2.06 bits per heavy atom. The van der Waals surface area contributed by atoms with Gasteiger partial charge in [0.05, 0.1) is 5.56 Å². The minimum absolute atomic E-state index is 0.0233. The lowest BCUT2D eigenvalue weighted by molar-refractivity contribution is -0.137. The zero-order chi connectivity index (χ0) is 13.9. The molecule has 1 aromatic carbocycles. The highest BCUT2D eigenvalue weighted by molar-refractivity contribution is 7.78. The van der Waals surface area contributed by atoms with E-state index < -0.39 is 34.6 Å². The average Bonchev–Trinajstić information content (AvgIpc) is 2.17. The van der Waals surface area contributed by atoms with Crippen molar-refractivity contribution < 1.29 is 26.7 Å². The summed E-state index contributed by atoms with van der Waals surface area (Å²) in [5, 5.41) is 1.96. The van der Waals surface area contributed by atoms with Crippen molar-refractivity contribution in [1.29, 1.82) is 0 Å². The Labute approximate surface area is 102 Å². The van der Waals surface area contributed by atoms with Crippen LogP contribution in [0.2, 0.25) is 0 Å². The summed E-state index contributed by atoms with van der Waals surface area (Å²) in [6, 6.07) is 1.26. The fraction of sp³-hybridized carbons (Fsp3) is 0.222. The van der Waals surface area contributed by atoms with Crippen molar-refractivity contribution in [3.05, 3.63) is 29.3 Å². The normalized spacial score (nSPS) is 13.1. The van der Waals surface area contributed by atoms with Crippen LogP contribution in [0.15, 0.2) is 18.2 Å². The summed E-state index contributed by atoms with van der Waals surface area (Å²) in [4.78, 5) is 10.6. The molecule has 0 spiro atoms. The number of rotatable bonds is 3. The smallest absolute Gasteiger partial charge is 0.416 e. The van der Waals surface area contributed by atoms with Gasteiger partial charge >= 0.3 is 12.2 Å². The summed E-state index contributed by atoms with van der Waals surface area (Å²) >= 11 is -2.49. The molecule has 2 amide bonds. The van der Waals surface area contributed by atoms with Crippen LogP contribution < -0.4 is 11.1 Å². The predicted molar refractivity (Wildman–Crippen MR) is 57.3 cm³/mol. The van der Waals surface area contributed by atoms with E-state index in [9.17, 15) is 26.7 Å². The Morgan fingerprint density at radius 3 is 2.50 bits per heavy atom. The van der Waals surface area contributed by atoms with Crippen molar-refractivity contribution in [3.63, 3.8) is 0 Å². The van der Waals surface area contributed by atoms with E-state index in [-0.39, 0.29) is 11.3 Å². The van der Waals surface area contributed by atoms with Gasteiger partial charge < -0.3 is 15.6 Å². The first kappa shape index (κ1) is 14.5. The highest BCUT2D eigenvalue weighted by atomic mass is 32.2. The minimum Gasteiger partial charge on any atom is -0.772 e. The van der Waals surface area contributed by atoms with Gasteiger partial charge in [-0.15, -0.1) is 0 Å². The van der Waals surface area contributed by atoms with E-state index in [0.29, 0.717) is 6.07 Å². The number of hydrogen-bond donors (Lipinski definition) is 2. The number of hydrogen-bond acceptors (Lipinski definition) is 3. The maximum Gasteiger partial charge on any atom is 0.416 e. The van der Waals surface area contributed by atoms with Gasteiger partial charge in [-0.25, -0.2) is 4.79 Å². The number of nitrogens with one attached hydrogen (secondary N) is 1. The molecule has 0 saturated carbocycles. The van der Waals surface area contributed by atoms with Crippen LogP contribution in [0.5, 0.6) is 0 Å². The molecule has 0 aliphatic rings.